The lowest BCUT2D eigenvalue weighted by atomic mass is 10.1. The van der Waals surface area contributed by atoms with Crippen molar-refractivity contribution in [1.29, 1.82) is 0 Å². The molecule has 1 aromatic carbocycles. The summed E-state index contributed by atoms with van der Waals surface area (Å²) >= 11 is 0. The zero-order valence-electron chi connectivity index (χ0n) is 14.7. The summed E-state index contributed by atoms with van der Waals surface area (Å²) < 4.78 is 0. The van der Waals surface area contributed by atoms with Crippen molar-refractivity contribution in [3.8, 4) is 0 Å². The summed E-state index contributed by atoms with van der Waals surface area (Å²) in [4.78, 5) is 40.3. The lowest BCUT2D eigenvalue weighted by molar-refractivity contribution is -0.133. The number of benzene rings is 1. The number of amides is 3. The van der Waals surface area contributed by atoms with Crippen molar-refractivity contribution in [1.82, 2.24) is 20.5 Å². The molecule has 0 fully saturated rings. The van der Waals surface area contributed by atoms with Crippen LogP contribution in [-0.2, 0) is 9.59 Å². The number of hydrogen-bond donors (Lipinski definition) is 3. The summed E-state index contributed by atoms with van der Waals surface area (Å²) in [5, 5.41) is 15.9. The fraction of sp³-hybridized carbons (Fsp3) is 0.333. The van der Waals surface area contributed by atoms with Crippen molar-refractivity contribution >= 4 is 28.6 Å². The highest BCUT2D eigenvalue weighted by Crippen LogP contribution is 2.12. The normalized spacial score (nSPS) is 11.7. The zero-order valence-corrected chi connectivity index (χ0v) is 14.7. The van der Waals surface area contributed by atoms with Crippen LogP contribution in [0.1, 0.15) is 17.3 Å². The fourth-order valence-corrected chi connectivity index (χ4v) is 2.21. The Balaban J connectivity index is 1.79. The molecule has 0 aliphatic heterocycles. The van der Waals surface area contributed by atoms with Crippen LogP contribution in [0, 0.1) is 0 Å². The van der Waals surface area contributed by atoms with Crippen LogP contribution >= 0.6 is 0 Å². The van der Waals surface area contributed by atoms with Gasteiger partial charge in [0.1, 0.15) is 0 Å². The molecule has 1 unspecified atom stereocenters. The highest BCUT2D eigenvalue weighted by molar-refractivity contribution is 5.97. The molecule has 0 radical (unpaired) electrons. The SMILES string of the molecule is CC(=O)N(C)CC(=O)NCC(O)CNC(=O)c1ccc2cccnc2c1. The van der Waals surface area contributed by atoms with Crippen LogP contribution in [0.25, 0.3) is 10.9 Å². The van der Waals surface area contributed by atoms with Gasteiger partial charge in [-0.1, -0.05) is 12.1 Å². The Morgan fingerprint density at radius 1 is 1.19 bits per heavy atom. The van der Waals surface area contributed by atoms with Crippen molar-refractivity contribution in [2.45, 2.75) is 13.0 Å². The summed E-state index contributed by atoms with van der Waals surface area (Å²) in [5.41, 5.74) is 1.15. The number of carbonyl (C=O) groups excluding carboxylic acids is 3. The summed E-state index contributed by atoms with van der Waals surface area (Å²) in [6.07, 6.45) is 0.712. The molecule has 0 aliphatic carbocycles. The first-order chi connectivity index (χ1) is 12.4. The predicted molar refractivity (Wildman–Crippen MR) is 96.4 cm³/mol. The molecule has 0 bridgehead atoms. The Hall–Kier alpha value is -3.00. The number of pyridine rings is 1. The molecule has 0 spiro atoms. The molecule has 1 heterocycles. The molecular weight excluding hydrogens is 336 g/mol. The molecule has 3 N–H and O–H groups in total. The van der Waals surface area contributed by atoms with Gasteiger partial charge in [0.05, 0.1) is 18.2 Å². The van der Waals surface area contributed by atoms with E-state index in [0.29, 0.717) is 11.1 Å². The number of aliphatic hydroxyl groups is 1. The smallest absolute Gasteiger partial charge is 0.251 e. The molecule has 0 saturated carbocycles. The Morgan fingerprint density at radius 3 is 2.65 bits per heavy atom. The zero-order chi connectivity index (χ0) is 19.1. The Labute approximate surface area is 151 Å². The summed E-state index contributed by atoms with van der Waals surface area (Å²) in [6.45, 7) is 1.24. The number of aromatic nitrogens is 1. The average Bonchev–Trinajstić information content (AvgIpc) is 2.63. The molecule has 26 heavy (non-hydrogen) atoms. The van der Waals surface area contributed by atoms with Gasteiger partial charge >= 0.3 is 0 Å². The van der Waals surface area contributed by atoms with Crippen LogP contribution in [0.4, 0.5) is 0 Å². The molecule has 138 valence electrons. The van der Waals surface area contributed by atoms with Gasteiger partial charge in [-0.2, -0.15) is 0 Å². The minimum absolute atomic E-state index is 0.0120. The first kappa shape index (κ1) is 19.3. The second-order valence-corrected chi connectivity index (χ2v) is 5.95. The van der Waals surface area contributed by atoms with Gasteiger partial charge in [0, 0.05) is 44.2 Å². The Bertz CT molecular complexity index is 809. The van der Waals surface area contributed by atoms with Crippen molar-refractivity contribution in [2.75, 3.05) is 26.7 Å². The van der Waals surface area contributed by atoms with Crippen LogP contribution in [0.5, 0.6) is 0 Å². The third-order valence-corrected chi connectivity index (χ3v) is 3.82. The number of fused-ring (bicyclic) bond motifs is 1. The Kier molecular flexibility index (Phi) is 6.62. The number of nitrogens with one attached hydrogen (secondary N) is 2. The van der Waals surface area contributed by atoms with Crippen molar-refractivity contribution < 1.29 is 19.5 Å². The Morgan fingerprint density at radius 2 is 1.92 bits per heavy atom. The van der Waals surface area contributed by atoms with E-state index in [1.165, 1.54) is 18.9 Å². The standard InChI is InChI=1S/C18H22N4O4/c1-12(23)22(2)11-17(25)20-9-15(24)10-21-18(26)14-6-5-13-4-3-7-19-16(13)8-14/h3-8,15,24H,9-11H2,1-2H3,(H,20,25)(H,21,26). The maximum Gasteiger partial charge on any atom is 0.251 e. The predicted octanol–water partition coefficient (Wildman–Crippen LogP) is -0.0800. The number of likely N-dealkylation sites (N-methyl/N-ethyl adjacent to an activating group) is 1. The molecule has 8 heteroatoms. The van der Waals surface area contributed by atoms with Gasteiger partial charge in [-0.25, -0.2) is 0 Å². The van der Waals surface area contributed by atoms with Crippen LogP contribution in [0.2, 0.25) is 0 Å². The van der Waals surface area contributed by atoms with Gasteiger partial charge < -0.3 is 20.6 Å². The average molecular weight is 358 g/mol. The second-order valence-electron chi connectivity index (χ2n) is 5.95. The second kappa shape index (κ2) is 8.91. The topological polar surface area (TPSA) is 112 Å². The third-order valence-electron chi connectivity index (χ3n) is 3.82. The first-order valence-corrected chi connectivity index (χ1v) is 8.16. The van der Waals surface area contributed by atoms with E-state index >= 15 is 0 Å². The summed E-state index contributed by atoms with van der Waals surface area (Å²) in [6, 6.07) is 8.89. The van der Waals surface area contributed by atoms with E-state index in [9.17, 15) is 19.5 Å². The number of hydrogen-bond acceptors (Lipinski definition) is 5. The van der Waals surface area contributed by atoms with E-state index in [1.807, 2.05) is 12.1 Å². The van der Waals surface area contributed by atoms with Crippen LogP contribution < -0.4 is 10.6 Å². The molecule has 0 aliphatic rings. The lowest BCUT2D eigenvalue weighted by Gasteiger charge is -2.16. The highest BCUT2D eigenvalue weighted by atomic mass is 16.3. The van der Waals surface area contributed by atoms with E-state index in [1.54, 1.807) is 24.4 Å². The van der Waals surface area contributed by atoms with Crippen molar-refractivity contribution in [3.05, 3.63) is 42.1 Å². The van der Waals surface area contributed by atoms with Gasteiger partial charge in [-0.3, -0.25) is 19.4 Å². The minimum Gasteiger partial charge on any atom is -0.389 e. The number of carbonyl (C=O) groups is 3. The van der Waals surface area contributed by atoms with E-state index in [4.69, 9.17) is 0 Å². The maximum atomic E-state index is 12.2. The van der Waals surface area contributed by atoms with E-state index < -0.39 is 6.10 Å². The van der Waals surface area contributed by atoms with Crippen LogP contribution in [0.3, 0.4) is 0 Å². The molecule has 3 amide bonds. The van der Waals surface area contributed by atoms with Crippen LogP contribution in [-0.4, -0.2) is 65.5 Å². The van der Waals surface area contributed by atoms with Crippen LogP contribution in [0.15, 0.2) is 36.5 Å². The summed E-state index contributed by atoms with van der Waals surface area (Å²) in [7, 11) is 1.51. The van der Waals surface area contributed by atoms with E-state index in [0.717, 1.165) is 5.39 Å². The number of nitrogens with zero attached hydrogens (tertiary/aromatic N) is 2. The van der Waals surface area contributed by atoms with Gasteiger partial charge in [-0.15, -0.1) is 0 Å². The highest BCUT2D eigenvalue weighted by Gasteiger charge is 2.13. The fourth-order valence-electron chi connectivity index (χ4n) is 2.21. The molecule has 1 atom stereocenters. The van der Waals surface area contributed by atoms with Gasteiger partial charge in [-0.05, 0) is 18.2 Å². The quantitative estimate of drug-likeness (QED) is 0.641. The van der Waals surface area contributed by atoms with E-state index in [-0.39, 0.29) is 37.4 Å². The molecule has 0 saturated heterocycles. The number of rotatable bonds is 7. The molecule has 2 aromatic rings. The molecule has 1 aromatic heterocycles. The molecule has 8 nitrogen and oxygen atoms in total. The molecular formula is C18H22N4O4. The first-order valence-electron chi connectivity index (χ1n) is 8.16. The minimum atomic E-state index is -0.941. The van der Waals surface area contributed by atoms with Crippen molar-refractivity contribution in [2.24, 2.45) is 0 Å². The monoisotopic (exact) mass is 358 g/mol. The summed E-state index contributed by atoms with van der Waals surface area (Å²) in [5.74, 6) is -0.939. The third kappa shape index (κ3) is 5.52. The molecule has 2 rings (SSSR count). The van der Waals surface area contributed by atoms with Crippen molar-refractivity contribution in [3.63, 3.8) is 0 Å². The van der Waals surface area contributed by atoms with E-state index in [2.05, 4.69) is 15.6 Å². The largest absolute Gasteiger partial charge is 0.389 e. The van der Waals surface area contributed by atoms with Gasteiger partial charge in [0.15, 0.2) is 0 Å². The number of aliphatic hydroxyl groups excluding tert-OH is 1. The van der Waals surface area contributed by atoms with Gasteiger partial charge in [0.2, 0.25) is 11.8 Å². The van der Waals surface area contributed by atoms with Gasteiger partial charge in [0.25, 0.3) is 5.91 Å². The maximum absolute atomic E-state index is 12.2. The lowest BCUT2D eigenvalue weighted by Crippen LogP contribution is -2.43.